The summed E-state index contributed by atoms with van der Waals surface area (Å²) >= 11 is 0. The summed E-state index contributed by atoms with van der Waals surface area (Å²) in [7, 11) is 0. The molecule has 2 heterocycles. The van der Waals surface area contributed by atoms with Crippen LogP contribution in [0, 0.1) is 0 Å². The molecule has 108 valence electrons. The second kappa shape index (κ2) is 4.48. The molecule has 0 saturated carbocycles. The SMILES string of the molecule is CC(C)(C)c1nc(-c2coc3ccccc23)oc1C(=O)O. The first-order valence-electron chi connectivity index (χ1n) is 6.59. The Morgan fingerprint density at radius 3 is 2.57 bits per heavy atom. The van der Waals surface area contributed by atoms with Gasteiger partial charge >= 0.3 is 5.97 Å². The zero-order chi connectivity index (χ0) is 15.2. The molecule has 0 spiro atoms. The summed E-state index contributed by atoms with van der Waals surface area (Å²) in [6.07, 6.45) is 1.54. The molecule has 5 heteroatoms. The van der Waals surface area contributed by atoms with Crippen molar-refractivity contribution in [1.29, 1.82) is 0 Å². The number of furan rings is 1. The fraction of sp³-hybridized carbons (Fsp3) is 0.250. The van der Waals surface area contributed by atoms with Gasteiger partial charge in [-0.05, 0) is 6.07 Å². The smallest absolute Gasteiger partial charge is 0.373 e. The molecule has 0 bridgehead atoms. The summed E-state index contributed by atoms with van der Waals surface area (Å²) in [5.74, 6) is -0.975. The molecule has 0 saturated heterocycles. The lowest BCUT2D eigenvalue weighted by Gasteiger charge is -2.14. The monoisotopic (exact) mass is 285 g/mol. The normalized spacial score (nSPS) is 12.0. The molecule has 0 unspecified atom stereocenters. The van der Waals surface area contributed by atoms with Gasteiger partial charge in [-0.25, -0.2) is 9.78 Å². The fourth-order valence-corrected chi connectivity index (χ4v) is 2.23. The summed E-state index contributed by atoms with van der Waals surface area (Å²) < 4.78 is 10.9. The molecule has 0 amide bonds. The van der Waals surface area contributed by atoms with Crippen molar-refractivity contribution in [3.8, 4) is 11.5 Å². The molecule has 0 aliphatic rings. The van der Waals surface area contributed by atoms with Gasteiger partial charge in [0.25, 0.3) is 0 Å². The van der Waals surface area contributed by atoms with Crippen LogP contribution in [0.25, 0.3) is 22.4 Å². The Hall–Kier alpha value is -2.56. The second-order valence-corrected chi connectivity index (χ2v) is 5.90. The number of aromatic nitrogens is 1. The second-order valence-electron chi connectivity index (χ2n) is 5.90. The van der Waals surface area contributed by atoms with Gasteiger partial charge in [-0.3, -0.25) is 0 Å². The number of rotatable bonds is 2. The van der Waals surface area contributed by atoms with Gasteiger partial charge < -0.3 is 13.9 Å². The van der Waals surface area contributed by atoms with E-state index in [4.69, 9.17) is 8.83 Å². The van der Waals surface area contributed by atoms with E-state index in [9.17, 15) is 9.90 Å². The topological polar surface area (TPSA) is 76.5 Å². The lowest BCUT2D eigenvalue weighted by molar-refractivity contribution is 0.0659. The van der Waals surface area contributed by atoms with Crippen molar-refractivity contribution in [3.05, 3.63) is 42.0 Å². The quantitative estimate of drug-likeness (QED) is 0.767. The molecular weight excluding hydrogens is 270 g/mol. The highest BCUT2D eigenvalue weighted by Crippen LogP contribution is 2.34. The highest BCUT2D eigenvalue weighted by Gasteiger charge is 2.29. The van der Waals surface area contributed by atoms with E-state index in [1.54, 1.807) is 0 Å². The Kier molecular flexibility index (Phi) is 2.86. The highest BCUT2D eigenvalue weighted by atomic mass is 16.4. The molecule has 2 aromatic heterocycles. The Morgan fingerprint density at radius 1 is 1.24 bits per heavy atom. The number of benzene rings is 1. The molecule has 1 N–H and O–H groups in total. The van der Waals surface area contributed by atoms with E-state index in [0.29, 0.717) is 16.8 Å². The van der Waals surface area contributed by atoms with Gasteiger partial charge in [0.1, 0.15) is 17.5 Å². The summed E-state index contributed by atoms with van der Waals surface area (Å²) in [6.45, 7) is 5.69. The number of carboxylic acid groups (broad SMARTS) is 1. The molecule has 1 aromatic carbocycles. The molecule has 0 aliphatic carbocycles. The number of oxazole rings is 1. The maximum absolute atomic E-state index is 11.4. The van der Waals surface area contributed by atoms with E-state index in [1.165, 1.54) is 6.26 Å². The van der Waals surface area contributed by atoms with Crippen molar-refractivity contribution in [3.63, 3.8) is 0 Å². The minimum absolute atomic E-state index is 0.122. The number of nitrogens with zero attached hydrogens (tertiary/aromatic N) is 1. The zero-order valence-electron chi connectivity index (χ0n) is 12.0. The van der Waals surface area contributed by atoms with Gasteiger partial charge in [0, 0.05) is 10.8 Å². The minimum Gasteiger partial charge on any atom is -0.475 e. The van der Waals surface area contributed by atoms with Crippen molar-refractivity contribution in [2.75, 3.05) is 0 Å². The number of fused-ring (bicyclic) bond motifs is 1. The van der Waals surface area contributed by atoms with Crippen LogP contribution < -0.4 is 0 Å². The first-order valence-corrected chi connectivity index (χ1v) is 6.59. The van der Waals surface area contributed by atoms with Gasteiger partial charge in [0.05, 0.1) is 5.56 Å². The molecular formula is C16H15NO4. The van der Waals surface area contributed by atoms with Gasteiger partial charge in [-0.1, -0.05) is 39.0 Å². The Bertz CT molecular complexity index is 820. The van der Waals surface area contributed by atoms with Crippen LogP contribution >= 0.6 is 0 Å². The third kappa shape index (κ3) is 2.20. The molecule has 0 atom stereocenters. The van der Waals surface area contributed by atoms with Crippen molar-refractivity contribution < 1.29 is 18.7 Å². The number of hydrogen-bond donors (Lipinski definition) is 1. The first-order chi connectivity index (χ1) is 9.88. The highest BCUT2D eigenvalue weighted by molar-refractivity contribution is 5.92. The average Bonchev–Trinajstić information content (AvgIpc) is 3.01. The standard InChI is InChI=1S/C16H15NO4/c1-16(2,3)13-12(15(18)19)21-14(17-13)10-8-20-11-7-5-4-6-9(10)11/h4-8H,1-3H3,(H,18,19). The Labute approximate surface area is 121 Å². The van der Waals surface area contributed by atoms with Crippen LogP contribution in [0.3, 0.4) is 0 Å². The number of para-hydroxylation sites is 1. The van der Waals surface area contributed by atoms with Crippen LogP contribution in [0.4, 0.5) is 0 Å². The van der Waals surface area contributed by atoms with E-state index in [-0.39, 0.29) is 11.7 Å². The summed E-state index contributed by atoms with van der Waals surface area (Å²) in [5.41, 5.74) is 1.37. The van der Waals surface area contributed by atoms with E-state index < -0.39 is 11.4 Å². The minimum atomic E-state index is -1.12. The van der Waals surface area contributed by atoms with Crippen LogP contribution in [0.2, 0.25) is 0 Å². The van der Waals surface area contributed by atoms with E-state index in [1.807, 2.05) is 45.0 Å². The van der Waals surface area contributed by atoms with Gasteiger partial charge in [-0.2, -0.15) is 0 Å². The van der Waals surface area contributed by atoms with E-state index in [2.05, 4.69) is 4.98 Å². The maximum atomic E-state index is 11.4. The van der Waals surface area contributed by atoms with Crippen LogP contribution in [0.1, 0.15) is 37.0 Å². The number of carboxylic acids is 1. The maximum Gasteiger partial charge on any atom is 0.373 e. The third-order valence-corrected chi connectivity index (χ3v) is 3.24. The lowest BCUT2D eigenvalue weighted by atomic mass is 9.91. The molecule has 3 aromatic rings. The van der Waals surface area contributed by atoms with Crippen molar-refractivity contribution >= 4 is 16.9 Å². The predicted molar refractivity (Wildman–Crippen MR) is 77.4 cm³/mol. The molecule has 0 aliphatic heterocycles. The van der Waals surface area contributed by atoms with Gasteiger partial charge in [0.15, 0.2) is 0 Å². The fourth-order valence-electron chi connectivity index (χ4n) is 2.23. The lowest BCUT2D eigenvalue weighted by Crippen LogP contribution is -2.16. The van der Waals surface area contributed by atoms with Crippen molar-refractivity contribution in [2.45, 2.75) is 26.2 Å². The van der Waals surface area contributed by atoms with Gasteiger partial charge in [0.2, 0.25) is 11.7 Å². The van der Waals surface area contributed by atoms with Crippen LogP contribution in [0.15, 0.2) is 39.4 Å². The van der Waals surface area contributed by atoms with E-state index >= 15 is 0 Å². The molecule has 0 radical (unpaired) electrons. The van der Waals surface area contributed by atoms with Crippen LogP contribution in [-0.2, 0) is 5.41 Å². The summed E-state index contributed by atoms with van der Waals surface area (Å²) in [5, 5.41) is 10.1. The average molecular weight is 285 g/mol. The van der Waals surface area contributed by atoms with Crippen molar-refractivity contribution in [2.24, 2.45) is 0 Å². The predicted octanol–water partition coefficient (Wildman–Crippen LogP) is 4.08. The Balaban J connectivity index is 2.22. The number of hydrogen-bond acceptors (Lipinski definition) is 4. The summed E-state index contributed by atoms with van der Waals surface area (Å²) in [4.78, 5) is 15.7. The third-order valence-electron chi connectivity index (χ3n) is 3.24. The number of aromatic carboxylic acids is 1. The largest absolute Gasteiger partial charge is 0.475 e. The molecule has 5 nitrogen and oxygen atoms in total. The molecule has 0 fully saturated rings. The van der Waals surface area contributed by atoms with Crippen LogP contribution in [-0.4, -0.2) is 16.1 Å². The van der Waals surface area contributed by atoms with Crippen molar-refractivity contribution in [1.82, 2.24) is 4.98 Å². The number of carbonyl (C=O) groups is 1. The summed E-state index contributed by atoms with van der Waals surface area (Å²) in [6, 6.07) is 7.47. The molecule has 3 rings (SSSR count). The van der Waals surface area contributed by atoms with Gasteiger partial charge in [-0.15, -0.1) is 0 Å². The van der Waals surface area contributed by atoms with E-state index in [0.717, 1.165) is 5.39 Å². The van der Waals surface area contributed by atoms with Crippen LogP contribution in [0.5, 0.6) is 0 Å². The Morgan fingerprint density at radius 2 is 1.95 bits per heavy atom. The zero-order valence-corrected chi connectivity index (χ0v) is 12.0. The molecule has 21 heavy (non-hydrogen) atoms. The first kappa shape index (κ1) is 13.4.